The Kier molecular flexibility index (Phi) is 4.11. The molecule has 2 rings (SSSR count). The van der Waals surface area contributed by atoms with Crippen molar-refractivity contribution in [2.24, 2.45) is 7.05 Å². The highest BCUT2D eigenvalue weighted by atomic mass is 16.5. The molecule has 0 saturated carbocycles. The van der Waals surface area contributed by atoms with E-state index in [4.69, 9.17) is 4.74 Å². The molecule has 6 heteroatoms. The molecule has 0 unspecified atom stereocenters. The van der Waals surface area contributed by atoms with Crippen molar-refractivity contribution >= 4 is 5.91 Å². The summed E-state index contributed by atoms with van der Waals surface area (Å²) in [5, 5.41) is 2.89. The fraction of sp³-hybridized carbons (Fsp3) is 0.636. The zero-order valence-electron chi connectivity index (χ0n) is 10.1. The van der Waals surface area contributed by atoms with Crippen molar-refractivity contribution in [3.8, 4) is 0 Å². The van der Waals surface area contributed by atoms with Crippen LogP contribution in [0, 0.1) is 0 Å². The SMILES string of the molecule is Cn1cncc1C(=O)NCCN1CCOCC1. The van der Waals surface area contributed by atoms with E-state index in [2.05, 4.69) is 15.2 Å². The minimum Gasteiger partial charge on any atom is -0.379 e. The van der Waals surface area contributed by atoms with E-state index in [-0.39, 0.29) is 5.91 Å². The number of morpholine rings is 1. The summed E-state index contributed by atoms with van der Waals surface area (Å²) in [6.07, 6.45) is 3.20. The van der Waals surface area contributed by atoms with E-state index in [0.717, 1.165) is 32.8 Å². The molecular weight excluding hydrogens is 220 g/mol. The Morgan fingerprint density at radius 3 is 2.94 bits per heavy atom. The fourth-order valence-corrected chi connectivity index (χ4v) is 1.82. The Bertz CT molecular complexity index is 371. The summed E-state index contributed by atoms with van der Waals surface area (Å²) in [5.41, 5.74) is 0.590. The van der Waals surface area contributed by atoms with Gasteiger partial charge in [0.2, 0.25) is 0 Å². The topological polar surface area (TPSA) is 59.4 Å². The summed E-state index contributed by atoms with van der Waals surface area (Å²) in [7, 11) is 1.81. The first-order chi connectivity index (χ1) is 8.27. The van der Waals surface area contributed by atoms with Gasteiger partial charge in [0.1, 0.15) is 5.69 Å². The highest BCUT2D eigenvalue weighted by molar-refractivity contribution is 5.92. The average molecular weight is 238 g/mol. The molecule has 1 amide bonds. The van der Waals surface area contributed by atoms with Crippen LogP contribution in [-0.2, 0) is 11.8 Å². The summed E-state index contributed by atoms with van der Waals surface area (Å²) >= 11 is 0. The van der Waals surface area contributed by atoms with Crippen LogP contribution in [0.15, 0.2) is 12.5 Å². The lowest BCUT2D eigenvalue weighted by Gasteiger charge is -2.26. The Hall–Kier alpha value is -1.40. The van der Waals surface area contributed by atoms with E-state index in [9.17, 15) is 4.79 Å². The van der Waals surface area contributed by atoms with Crippen LogP contribution in [0.2, 0.25) is 0 Å². The van der Waals surface area contributed by atoms with Crippen molar-refractivity contribution in [3.05, 3.63) is 18.2 Å². The van der Waals surface area contributed by atoms with E-state index in [1.807, 2.05) is 7.05 Å². The van der Waals surface area contributed by atoms with Gasteiger partial charge < -0.3 is 14.6 Å². The quantitative estimate of drug-likeness (QED) is 0.767. The van der Waals surface area contributed by atoms with Gasteiger partial charge in [0, 0.05) is 33.2 Å². The van der Waals surface area contributed by atoms with E-state index in [1.54, 1.807) is 17.1 Å². The summed E-state index contributed by atoms with van der Waals surface area (Å²) in [5.74, 6) is -0.0711. The number of rotatable bonds is 4. The fourth-order valence-electron chi connectivity index (χ4n) is 1.82. The molecule has 0 atom stereocenters. The predicted molar refractivity (Wildman–Crippen MR) is 62.8 cm³/mol. The number of nitrogens with zero attached hydrogens (tertiary/aromatic N) is 3. The lowest BCUT2D eigenvalue weighted by atomic mass is 10.4. The molecule has 1 aromatic rings. The number of amides is 1. The molecule has 6 nitrogen and oxygen atoms in total. The van der Waals surface area contributed by atoms with Crippen LogP contribution in [0.25, 0.3) is 0 Å². The van der Waals surface area contributed by atoms with Gasteiger partial charge in [-0.05, 0) is 0 Å². The van der Waals surface area contributed by atoms with Gasteiger partial charge >= 0.3 is 0 Å². The van der Waals surface area contributed by atoms with Gasteiger partial charge in [-0.2, -0.15) is 0 Å². The highest BCUT2D eigenvalue weighted by Gasteiger charge is 2.12. The van der Waals surface area contributed by atoms with Crippen molar-refractivity contribution in [3.63, 3.8) is 0 Å². The molecule has 94 valence electrons. The van der Waals surface area contributed by atoms with Crippen molar-refractivity contribution < 1.29 is 9.53 Å². The van der Waals surface area contributed by atoms with Crippen molar-refractivity contribution in [2.75, 3.05) is 39.4 Å². The normalized spacial score (nSPS) is 17.0. The van der Waals surface area contributed by atoms with E-state index < -0.39 is 0 Å². The number of carbonyl (C=O) groups is 1. The van der Waals surface area contributed by atoms with Gasteiger partial charge in [-0.1, -0.05) is 0 Å². The summed E-state index contributed by atoms with van der Waals surface area (Å²) in [4.78, 5) is 18.0. The number of ether oxygens (including phenoxy) is 1. The molecule has 0 bridgehead atoms. The molecule has 0 aromatic carbocycles. The number of hydrogen-bond acceptors (Lipinski definition) is 4. The molecule has 0 spiro atoms. The number of imidazole rings is 1. The molecule has 17 heavy (non-hydrogen) atoms. The third-order valence-corrected chi connectivity index (χ3v) is 2.87. The van der Waals surface area contributed by atoms with E-state index in [0.29, 0.717) is 12.2 Å². The Balaban J connectivity index is 1.71. The predicted octanol–water partition coefficient (Wildman–Crippen LogP) is -0.518. The van der Waals surface area contributed by atoms with Crippen molar-refractivity contribution in [1.82, 2.24) is 19.8 Å². The zero-order chi connectivity index (χ0) is 12.1. The van der Waals surface area contributed by atoms with Crippen LogP contribution in [0.1, 0.15) is 10.5 Å². The maximum atomic E-state index is 11.8. The van der Waals surface area contributed by atoms with Crippen LogP contribution in [-0.4, -0.2) is 59.8 Å². The highest BCUT2D eigenvalue weighted by Crippen LogP contribution is 1.97. The molecule has 1 N–H and O–H groups in total. The average Bonchev–Trinajstić information content (AvgIpc) is 2.77. The van der Waals surface area contributed by atoms with E-state index >= 15 is 0 Å². The molecule has 1 fully saturated rings. The molecule has 0 radical (unpaired) electrons. The van der Waals surface area contributed by atoms with Gasteiger partial charge in [0.15, 0.2) is 0 Å². The zero-order valence-corrected chi connectivity index (χ0v) is 10.1. The van der Waals surface area contributed by atoms with Crippen LogP contribution >= 0.6 is 0 Å². The van der Waals surface area contributed by atoms with Crippen molar-refractivity contribution in [1.29, 1.82) is 0 Å². The third kappa shape index (κ3) is 3.28. The molecule has 1 aliphatic heterocycles. The van der Waals surface area contributed by atoms with Gasteiger partial charge in [0.25, 0.3) is 5.91 Å². The minimum atomic E-state index is -0.0711. The first-order valence-corrected chi connectivity index (χ1v) is 5.82. The monoisotopic (exact) mass is 238 g/mol. The largest absolute Gasteiger partial charge is 0.379 e. The number of aromatic nitrogens is 2. The molecule has 0 aliphatic carbocycles. The first-order valence-electron chi connectivity index (χ1n) is 5.82. The van der Waals surface area contributed by atoms with Crippen molar-refractivity contribution in [2.45, 2.75) is 0 Å². The summed E-state index contributed by atoms with van der Waals surface area (Å²) < 4.78 is 6.97. The van der Waals surface area contributed by atoms with E-state index in [1.165, 1.54) is 0 Å². The first kappa shape index (κ1) is 12.1. The maximum Gasteiger partial charge on any atom is 0.269 e. The van der Waals surface area contributed by atoms with Crippen LogP contribution in [0.5, 0.6) is 0 Å². The second kappa shape index (κ2) is 5.79. The van der Waals surface area contributed by atoms with Gasteiger partial charge in [-0.15, -0.1) is 0 Å². The third-order valence-electron chi connectivity index (χ3n) is 2.87. The van der Waals surface area contributed by atoms with Gasteiger partial charge in [-0.3, -0.25) is 9.69 Å². The molecule has 1 aromatic heterocycles. The Morgan fingerprint density at radius 2 is 2.29 bits per heavy atom. The second-order valence-corrected chi connectivity index (χ2v) is 4.10. The number of hydrogen-bond donors (Lipinski definition) is 1. The van der Waals surface area contributed by atoms with Gasteiger partial charge in [-0.25, -0.2) is 4.98 Å². The number of aryl methyl sites for hydroxylation is 1. The standard InChI is InChI=1S/C11H18N4O2/c1-14-9-12-8-10(14)11(16)13-2-3-15-4-6-17-7-5-15/h8-9H,2-7H2,1H3,(H,13,16). The maximum absolute atomic E-state index is 11.8. The van der Waals surface area contributed by atoms with Gasteiger partial charge in [0.05, 0.1) is 25.7 Å². The molecule has 2 heterocycles. The smallest absolute Gasteiger partial charge is 0.269 e. The second-order valence-electron chi connectivity index (χ2n) is 4.10. The lowest BCUT2D eigenvalue weighted by Crippen LogP contribution is -2.41. The summed E-state index contributed by atoms with van der Waals surface area (Å²) in [6.45, 7) is 4.99. The van der Waals surface area contributed by atoms with Crippen LogP contribution < -0.4 is 5.32 Å². The Labute approximate surface area is 101 Å². The lowest BCUT2D eigenvalue weighted by molar-refractivity contribution is 0.0383. The Morgan fingerprint density at radius 1 is 1.53 bits per heavy atom. The van der Waals surface area contributed by atoms with Crippen LogP contribution in [0.3, 0.4) is 0 Å². The molecular formula is C11H18N4O2. The number of carbonyl (C=O) groups excluding carboxylic acids is 1. The summed E-state index contributed by atoms with van der Waals surface area (Å²) in [6, 6.07) is 0. The molecule has 1 saturated heterocycles. The van der Waals surface area contributed by atoms with Crippen LogP contribution in [0.4, 0.5) is 0 Å². The molecule has 1 aliphatic rings. The number of nitrogens with one attached hydrogen (secondary N) is 1. The minimum absolute atomic E-state index is 0.0711.